The third kappa shape index (κ3) is 3.66. The molecule has 0 saturated heterocycles. The van der Waals surface area contributed by atoms with Crippen LogP contribution in [0.1, 0.15) is 59.3 Å². The van der Waals surface area contributed by atoms with Crippen LogP contribution < -0.4 is 5.32 Å². The Bertz CT molecular complexity index is 390. The average molecular weight is 345 g/mol. The van der Waals surface area contributed by atoms with Crippen LogP contribution in [0.15, 0.2) is 21.2 Å². The van der Waals surface area contributed by atoms with Crippen molar-refractivity contribution in [3.05, 3.63) is 22.6 Å². The first-order valence-corrected chi connectivity index (χ1v) is 8.55. The van der Waals surface area contributed by atoms with E-state index in [1.165, 1.54) is 0 Å². The minimum absolute atomic E-state index is 0.0407. The zero-order valence-corrected chi connectivity index (χ0v) is 15.1. The molecule has 0 aliphatic heterocycles. The molecule has 2 unspecified atom stereocenters. The molecule has 0 aliphatic carbocycles. The summed E-state index contributed by atoms with van der Waals surface area (Å²) >= 11 is 3.62. The number of halogens is 1. The summed E-state index contributed by atoms with van der Waals surface area (Å²) in [6, 6.07) is 2.17. The molecule has 1 aromatic rings. The molecule has 0 saturated carbocycles. The smallest absolute Gasteiger partial charge is 0.136 e. The fourth-order valence-corrected chi connectivity index (χ4v) is 3.38. The van der Waals surface area contributed by atoms with Gasteiger partial charge in [-0.1, -0.05) is 27.7 Å². The number of likely N-dealkylation sites (N-methyl/N-ethyl adjacent to an activating group) is 1. The van der Waals surface area contributed by atoms with E-state index in [1.807, 2.05) is 6.07 Å². The van der Waals surface area contributed by atoms with E-state index in [2.05, 4.69) is 60.8 Å². The fourth-order valence-electron chi connectivity index (χ4n) is 2.95. The molecule has 4 heteroatoms. The zero-order valence-electron chi connectivity index (χ0n) is 13.5. The van der Waals surface area contributed by atoms with Crippen molar-refractivity contribution in [2.24, 2.45) is 0 Å². The molecule has 0 radical (unpaired) electrons. The summed E-state index contributed by atoms with van der Waals surface area (Å²) < 4.78 is 6.83. The predicted molar refractivity (Wildman–Crippen MR) is 89.1 cm³/mol. The summed E-state index contributed by atoms with van der Waals surface area (Å²) in [5.74, 6) is 1.01. The lowest BCUT2D eigenvalue weighted by molar-refractivity contribution is 0.0610. The topological polar surface area (TPSA) is 28.4 Å². The summed E-state index contributed by atoms with van der Waals surface area (Å²) in [6.07, 6.45) is 3.95. The standard InChI is InChI=1S/C16H29BrN2O/c1-6-11-18-15(14-13(17)10-12-20-14)16(5,7-2)19(8-3)9-4/h10,12,15,18H,6-9,11H2,1-5H3. The molecule has 116 valence electrons. The highest BCUT2D eigenvalue weighted by Crippen LogP contribution is 2.37. The maximum atomic E-state index is 5.77. The van der Waals surface area contributed by atoms with E-state index in [9.17, 15) is 0 Å². The maximum absolute atomic E-state index is 5.77. The van der Waals surface area contributed by atoms with Crippen LogP contribution in [0.3, 0.4) is 0 Å². The van der Waals surface area contributed by atoms with Crippen LogP contribution >= 0.6 is 15.9 Å². The van der Waals surface area contributed by atoms with Gasteiger partial charge in [-0.3, -0.25) is 4.90 Å². The first-order chi connectivity index (χ1) is 9.54. The Hall–Kier alpha value is -0.320. The fraction of sp³-hybridized carbons (Fsp3) is 0.750. The number of rotatable bonds is 9. The van der Waals surface area contributed by atoms with E-state index >= 15 is 0 Å². The van der Waals surface area contributed by atoms with E-state index in [1.54, 1.807) is 6.26 Å². The van der Waals surface area contributed by atoms with Crippen LogP contribution in [0.5, 0.6) is 0 Å². The largest absolute Gasteiger partial charge is 0.466 e. The van der Waals surface area contributed by atoms with Crippen molar-refractivity contribution in [3.63, 3.8) is 0 Å². The van der Waals surface area contributed by atoms with E-state index < -0.39 is 0 Å². The molecule has 2 atom stereocenters. The van der Waals surface area contributed by atoms with Crippen molar-refractivity contribution in [1.82, 2.24) is 10.2 Å². The first kappa shape index (κ1) is 17.7. The van der Waals surface area contributed by atoms with E-state index in [0.29, 0.717) is 0 Å². The van der Waals surface area contributed by atoms with Crippen LogP contribution in [0.2, 0.25) is 0 Å². The van der Waals surface area contributed by atoms with Gasteiger partial charge in [0.2, 0.25) is 0 Å². The van der Waals surface area contributed by atoms with Gasteiger partial charge >= 0.3 is 0 Å². The maximum Gasteiger partial charge on any atom is 0.136 e. The Balaban J connectivity index is 3.16. The predicted octanol–water partition coefficient (Wildman–Crippen LogP) is 4.59. The molecule has 0 fully saturated rings. The Morgan fingerprint density at radius 2 is 1.95 bits per heavy atom. The second-order valence-corrected chi connectivity index (χ2v) is 6.26. The molecule has 0 aromatic carbocycles. The van der Waals surface area contributed by atoms with E-state index in [-0.39, 0.29) is 11.6 Å². The van der Waals surface area contributed by atoms with Gasteiger partial charge in [-0.2, -0.15) is 0 Å². The minimum atomic E-state index is 0.0407. The summed E-state index contributed by atoms with van der Waals surface area (Å²) in [5, 5.41) is 3.69. The SMILES string of the molecule is CCCNC(c1occc1Br)C(C)(CC)N(CC)CC. The number of nitrogens with one attached hydrogen (secondary N) is 1. The monoisotopic (exact) mass is 344 g/mol. The minimum Gasteiger partial charge on any atom is -0.466 e. The van der Waals surface area contributed by atoms with Crippen molar-refractivity contribution in [2.45, 2.75) is 59.0 Å². The molecule has 1 aromatic heterocycles. The van der Waals surface area contributed by atoms with Gasteiger partial charge < -0.3 is 9.73 Å². The van der Waals surface area contributed by atoms with Gasteiger partial charge in [0.1, 0.15) is 5.76 Å². The highest BCUT2D eigenvalue weighted by atomic mass is 79.9. The van der Waals surface area contributed by atoms with Crippen molar-refractivity contribution in [2.75, 3.05) is 19.6 Å². The molecule has 0 bridgehead atoms. The van der Waals surface area contributed by atoms with Crippen molar-refractivity contribution < 1.29 is 4.42 Å². The molecule has 0 amide bonds. The molecule has 20 heavy (non-hydrogen) atoms. The first-order valence-electron chi connectivity index (χ1n) is 7.76. The third-order valence-electron chi connectivity index (χ3n) is 4.33. The van der Waals surface area contributed by atoms with Gasteiger partial charge in [-0.25, -0.2) is 0 Å². The van der Waals surface area contributed by atoms with Crippen molar-refractivity contribution in [3.8, 4) is 0 Å². The number of hydrogen-bond acceptors (Lipinski definition) is 3. The molecule has 0 aliphatic rings. The number of nitrogens with zero attached hydrogens (tertiary/aromatic N) is 1. The Kier molecular flexibility index (Phi) is 7.27. The second kappa shape index (κ2) is 8.20. The third-order valence-corrected chi connectivity index (χ3v) is 4.98. The zero-order chi connectivity index (χ0) is 15.2. The summed E-state index contributed by atoms with van der Waals surface area (Å²) in [7, 11) is 0. The second-order valence-electron chi connectivity index (χ2n) is 5.40. The van der Waals surface area contributed by atoms with Gasteiger partial charge in [-0.05, 0) is 61.4 Å². The van der Waals surface area contributed by atoms with Crippen LogP contribution in [-0.4, -0.2) is 30.1 Å². The van der Waals surface area contributed by atoms with Gasteiger partial charge in [0.05, 0.1) is 16.8 Å². The lowest BCUT2D eigenvalue weighted by Crippen LogP contribution is -2.54. The van der Waals surface area contributed by atoms with Crippen LogP contribution in [-0.2, 0) is 0 Å². The molecule has 1 N–H and O–H groups in total. The highest BCUT2D eigenvalue weighted by Gasteiger charge is 2.40. The lowest BCUT2D eigenvalue weighted by atomic mass is 9.85. The number of furan rings is 1. The van der Waals surface area contributed by atoms with E-state index in [4.69, 9.17) is 4.42 Å². The van der Waals surface area contributed by atoms with Gasteiger partial charge in [0.25, 0.3) is 0 Å². The Morgan fingerprint density at radius 1 is 1.30 bits per heavy atom. The van der Waals surface area contributed by atoms with Crippen LogP contribution in [0.25, 0.3) is 0 Å². The van der Waals surface area contributed by atoms with Gasteiger partial charge in [-0.15, -0.1) is 0 Å². The summed E-state index contributed by atoms with van der Waals surface area (Å²) in [6.45, 7) is 14.3. The highest BCUT2D eigenvalue weighted by molar-refractivity contribution is 9.10. The molecular formula is C16H29BrN2O. The van der Waals surface area contributed by atoms with Crippen molar-refractivity contribution >= 4 is 15.9 Å². The lowest BCUT2D eigenvalue weighted by Gasteiger charge is -2.45. The summed E-state index contributed by atoms with van der Waals surface area (Å²) in [5.41, 5.74) is 0.0407. The Labute approximate surface area is 132 Å². The molecule has 1 rings (SSSR count). The average Bonchev–Trinajstić information content (AvgIpc) is 2.86. The van der Waals surface area contributed by atoms with E-state index in [0.717, 1.165) is 42.7 Å². The number of hydrogen-bond donors (Lipinski definition) is 1. The van der Waals surface area contributed by atoms with Gasteiger partial charge in [0, 0.05) is 5.54 Å². The van der Waals surface area contributed by atoms with Crippen LogP contribution in [0, 0.1) is 0 Å². The molecule has 3 nitrogen and oxygen atoms in total. The Morgan fingerprint density at radius 3 is 2.35 bits per heavy atom. The molecule has 1 heterocycles. The molecule has 0 spiro atoms. The molecular weight excluding hydrogens is 316 g/mol. The van der Waals surface area contributed by atoms with Gasteiger partial charge in [0.15, 0.2) is 0 Å². The normalized spacial score (nSPS) is 16.4. The van der Waals surface area contributed by atoms with Crippen molar-refractivity contribution in [1.29, 1.82) is 0 Å². The van der Waals surface area contributed by atoms with Crippen LogP contribution in [0.4, 0.5) is 0 Å². The quantitative estimate of drug-likeness (QED) is 0.709. The summed E-state index contributed by atoms with van der Waals surface area (Å²) in [4.78, 5) is 2.52.